The summed E-state index contributed by atoms with van der Waals surface area (Å²) in [6.07, 6.45) is 8.49. The quantitative estimate of drug-likeness (QED) is 0.619. The summed E-state index contributed by atoms with van der Waals surface area (Å²) in [5.41, 5.74) is 2.21. The van der Waals surface area contributed by atoms with Crippen LogP contribution < -0.4 is 10.1 Å². The summed E-state index contributed by atoms with van der Waals surface area (Å²) in [7, 11) is 1.78. The Bertz CT molecular complexity index is 1040. The number of nitrogens with zero attached hydrogens (tertiary/aromatic N) is 4. The van der Waals surface area contributed by atoms with Gasteiger partial charge in [0.05, 0.1) is 11.8 Å². The van der Waals surface area contributed by atoms with E-state index in [0.717, 1.165) is 18.4 Å². The second-order valence-corrected chi connectivity index (χ2v) is 8.02. The molecule has 3 heterocycles. The largest absolute Gasteiger partial charge is 0.489 e. The third kappa shape index (κ3) is 5.51. The predicted molar refractivity (Wildman–Crippen MR) is 119 cm³/mol. The lowest BCUT2D eigenvalue weighted by Gasteiger charge is -2.32. The molecule has 1 aromatic carbocycles. The number of pyridine rings is 1. The first-order chi connectivity index (χ1) is 15.6. The number of nitrogens with one attached hydrogen (secondary N) is 1. The van der Waals surface area contributed by atoms with Gasteiger partial charge in [0, 0.05) is 56.4 Å². The summed E-state index contributed by atoms with van der Waals surface area (Å²) < 4.78 is 7.37. The molecule has 32 heavy (non-hydrogen) atoms. The summed E-state index contributed by atoms with van der Waals surface area (Å²) in [5, 5.41) is 7.00. The van der Waals surface area contributed by atoms with Gasteiger partial charge in [-0.2, -0.15) is 5.10 Å². The van der Waals surface area contributed by atoms with Crippen molar-refractivity contribution < 1.29 is 14.3 Å². The van der Waals surface area contributed by atoms with Crippen molar-refractivity contribution in [3.05, 3.63) is 77.9 Å². The smallest absolute Gasteiger partial charge is 0.254 e. The monoisotopic (exact) mass is 433 g/mol. The van der Waals surface area contributed by atoms with Crippen LogP contribution in [0.5, 0.6) is 5.75 Å². The average molecular weight is 434 g/mol. The Kier molecular flexibility index (Phi) is 6.79. The fourth-order valence-electron chi connectivity index (χ4n) is 3.74. The van der Waals surface area contributed by atoms with Crippen LogP contribution in [0.3, 0.4) is 0 Å². The molecular weight excluding hydrogens is 406 g/mol. The topological polar surface area (TPSA) is 89.4 Å². The highest BCUT2D eigenvalue weighted by Crippen LogP contribution is 2.20. The molecule has 1 saturated heterocycles. The van der Waals surface area contributed by atoms with E-state index in [1.807, 2.05) is 29.2 Å². The summed E-state index contributed by atoms with van der Waals surface area (Å²) in [6, 6.07) is 11.1. The van der Waals surface area contributed by atoms with Crippen molar-refractivity contribution in [3.63, 3.8) is 0 Å². The highest BCUT2D eigenvalue weighted by Gasteiger charge is 2.24. The maximum absolute atomic E-state index is 12.8. The van der Waals surface area contributed by atoms with Crippen molar-refractivity contribution in [2.75, 3.05) is 19.6 Å². The van der Waals surface area contributed by atoms with Crippen LogP contribution in [-0.4, -0.2) is 51.1 Å². The molecular formula is C24H27N5O3. The van der Waals surface area contributed by atoms with Gasteiger partial charge in [0.1, 0.15) is 12.4 Å². The van der Waals surface area contributed by atoms with E-state index < -0.39 is 0 Å². The number of amides is 2. The zero-order valence-electron chi connectivity index (χ0n) is 18.1. The Morgan fingerprint density at radius 3 is 2.53 bits per heavy atom. The van der Waals surface area contributed by atoms with Gasteiger partial charge in [0.2, 0.25) is 0 Å². The van der Waals surface area contributed by atoms with Gasteiger partial charge in [-0.05, 0) is 49.1 Å². The number of carbonyl (C=O) groups is 2. The molecule has 3 aromatic rings. The Morgan fingerprint density at radius 2 is 1.88 bits per heavy atom. The third-order valence-corrected chi connectivity index (χ3v) is 5.65. The zero-order chi connectivity index (χ0) is 22.3. The number of rotatable bonds is 7. The van der Waals surface area contributed by atoms with Crippen LogP contribution in [-0.2, 0) is 13.7 Å². The number of carbonyl (C=O) groups excluding carboxylic acids is 2. The van der Waals surface area contributed by atoms with Crippen LogP contribution in [0.1, 0.15) is 39.1 Å². The Balaban J connectivity index is 1.22. The van der Waals surface area contributed by atoms with Gasteiger partial charge in [-0.15, -0.1) is 0 Å². The molecule has 0 atom stereocenters. The van der Waals surface area contributed by atoms with E-state index in [2.05, 4.69) is 15.4 Å². The molecule has 1 fully saturated rings. The highest BCUT2D eigenvalue weighted by atomic mass is 16.5. The number of aromatic nitrogens is 3. The molecule has 1 aliphatic heterocycles. The summed E-state index contributed by atoms with van der Waals surface area (Å²) >= 11 is 0. The van der Waals surface area contributed by atoms with Crippen LogP contribution in [0.15, 0.2) is 61.2 Å². The van der Waals surface area contributed by atoms with Crippen LogP contribution in [0, 0.1) is 5.92 Å². The van der Waals surface area contributed by atoms with Gasteiger partial charge < -0.3 is 15.0 Å². The third-order valence-electron chi connectivity index (χ3n) is 5.65. The minimum absolute atomic E-state index is 0.0293. The molecule has 1 aliphatic rings. The lowest BCUT2D eigenvalue weighted by Crippen LogP contribution is -2.41. The minimum Gasteiger partial charge on any atom is -0.489 e. The van der Waals surface area contributed by atoms with E-state index in [1.165, 1.54) is 0 Å². The highest BCUT2D eigenvalue weighted by molar-refractivity contribution is 5.94. The first kappa shape index (κ1) is 21.5. The van der Waals surface area contributed by atoms with Crippen molar-refractivity contribution in [1.82, 2.24) is 25.0 Å². The van der Waals surface area contributed by atoms with Gasteiger partial charge in [-0.25, -0.2) is 0 Å². The molecule has 0 aliphatic carbocycles. The van der Waals surface area contributed by atoms with Crippen molar-refractivity contribution in [1.29, 1.82) is 0 Å². The molecule has 8 heteroatoms. The maximum atomic E-state index is 12.8. The van der Waals surface area contributed by atoms with Crippen LogP contribution in [0.25, 0.3) is 0 Å². The Hall–Kier alpha value is -3.68. The number of benzene rings is 1. The molecule has 0 saturated carbocycles. The van der Waals surface area contributed by atoms with Gasteiger partial charge in [0.25, 0.3) is 11.8 Å². The van der Waals surface area contributed by atoms with E-state index in [4.69, 9.17) is 4.74 Å². The average Bonchev–Trinajstić information content (AvgIpc) is 3.28. The van der Waals surface area contributed by atoms with E-state index >= 15 is 0 Å². The normalized spacial score (nSPS) is 14.2. The van der Waals surface area contributed by atoms with Crippen molar-refractivity contribution in [2.45, 2.75) is 19.4 Å². The lowest BCUT2D eigenvalue weighted by molar-refractivity contribution is 0.0684. The maximum Gasteiger partial charge on any atom is 0.254 e. The zero-order valence-corrected chi connectivity index (χ0v) is 18.1. The molecule has 4 rings (SSSR count). The first-order valence-electron chi connectivity index (χ1n) is 10.8. The van der Waals surface area contributed by atoms with Crippen LogP contribution in [0.4, 0.5) is 0 Å². The number of hydrogen-bond acceptors (Lipinski definition) is 5. The van der Waals surface area contributed by atoms with Crippen molar-refractivity contribution in [3.8, 4) is 5.75 Å². The van der Waals surface area contributed by atoms with E-state index in [1.54, 1.807) is 48.6 Å². The first-order valence-corrected chi connectivity index (χ1v) is 10.8. The number of likely N-dealkylation sites (tertiary alicyclic amines) is 1. The van der Waals surface area contributed by atoms with E-state index in [9.17, 15) is 9.59 Å². The predicted octanol–water partition coefficient (Wildman–Crippen LogP) is 2.68. The summed E-state index contributed by atoms with van der Waals surface area (Å²) in [5.74, 6) is 1.00. The second kappa shape index (κ2) is 10.1. The molecule has 0 unspecified atom stereocenters. The molecule has 0 bridgehead atoms. The minimum atomic E-state index is -0.109. The molecule has 2 amide bonds. The van der Waals surface area contributed by atoms with Gasteiger partial charge in [-0.1, -0.05) is 6.07 Å². The van der Waals surface area contributed by atoms with Gasteiger partial charge in [-0.3, -0.25) is 19.3 Å². The molecule has 1 N–H and O–H groups in total. The van der Waals surface area contributed by atoms with Crippen molar-refractivity contribution >= 4 is 11.8 Å². The lowest BCUT2D eigenvalue weighted by atomic mass is 9.96. The number of ether oxygens (including phenoxy) is 1. The van der Waals surface area contributed by atoms with Crippen LogP contribution >= 0.6 is 0 Å². The number of aryl methyl sites for hydroxylation is 1. The summed E-state index contributed by atoms with van der Waals surface area (Å²) in [4.78, 5) is 31.0. The standard InChI is InChI=1S/C24H27N5O3/c1-28-16-21(15-27-28)23(30)26-14-18-8-11-29(12-9-18)24(31)20-4-6-22(7-5-20)32-17-19-3-2-10-25-13-19/h2-7,10,13,15-16,18H,8-9,11-12,14,17H2,1H3,(H,26,30). The molecule has 0 spiro atoms. The Morgan fingerprint density at radius 1 is 1.09 bits per heavy atom. The van der Waals surface area contributed by atoms with Gasteiger partial charge in [0.15, 0.2) is 0 Å². The molecule has 2 aromatic heterocycles. The molecule has 166 valence electrons. The van der Waals surface area contributed by atoms with Crippen LogP contribution in [0.2, 0.25) is 0 Å². The number of hydrogen-bond donors (Lipinski definition) is 1. The van der Waals surface area contributed by atoms with E-state index in [0.29, 0.717) is 49.0 Å². The number of piperidine rings is 1. The fraction of sp³-hybridized carbons (Fsp3) is 0.333. The molecule has 0 radical (unpaired) electrons. The summed E-state index contributed by atoms with van der Waals surface area (Å²) in [6.45, 7) is 2.42. The van der Waals surface area contributed by atoms with Gasteiger partial charge >= 0.3 is 0 Å². The van der Waals surface area contributed by atoms with Crippen molar-refractivity contribution in [2.24, 2.45) is 13.0 Å². The SMILES string of the molecule is Cn1cc(C(=O)NCC2CCN(C(=O)c3ccc(OCc4cccnc4)cc3)CC2)cn1. The molecule has 8 nitrogen and oxygen atoms in total. The second-order valence-electron chi connectivity index (χ2n) is 8.02. The Labute approximate surface area is 187 Å². The fourth-order valence-corrected chi connectivity index (χ4v) is 3.74. The van der Waals surface area contributed by atoms with E-state index in [-0.39, 0.29) is 11.8 Å².